The molecule has 1 aliphatic heterocycles. The van der Waals surface area contributed by atoms with Crippen molar-refractivity contribution in [1.29, 1.82) is 0 Å². The zero-order valence-corrected chi connectivity index (χ0v) is 10.9. The molecule has 102 valence electrons. The molecule has 2 heterocycles. The second kappa shape index (κ2) is 5.14. The van der Waals surface area contributed by atoms with Crippen molar-refractivity contribution in [2.24, 2.45) is 5.73 Å². The molecule has 1 atom stereocenters. The van der Waals surface area contributed by atoms with Gasteiger partial charge < -0.3 is 5.73 Å². The highest BCUT2D eigenvalue weighted by molar-refractivity contribution is 7.11. The number of aryl methyl sites for hydroxylation is 1. The van der Waals surface area contributed by atoms with Gasteiger partial charge in [0.05, 0.1) is 9.88 Å². The molecule has 1 fully saturated rings. The van der Waals surface area contributed by atoms with Crippen LogP contribution in [0.15, 0.2) is 0 Å². The Morgan fingerprint density at radius 2 is 2.22 bits per heavy atom. The standard InChI is InChI=1S/C11H16F3N3S/c1-7-16-10(11(12,13)14)9(18-7)6-17-4-2-3-8(17)5-15/h8H,2-6,15H2,1H3. The van der Waals surface area contributed by atoms with E-state index in [4.69, 9.17) is 5.73 Å². The van der Waals surface area contributed by atoms with Gasteiger partial charge in [0.1, 0.15) is 0 Å². The van der Waals surface area contributed by atoms with E-state index in [1.54, 1.807) is 6.92 Å². The lowest BCUT2D eigenvalue weighted by molar-refractivity contribution is -0.141. The van der Waals surface area contributed by atoms with Crippen LogP contribution in [-0.2, 0) is 12.7 Å². The molecule has 7 heteroatoms. The van der Waals surface area contributed by atoms with Gasteiger partial charge in [0.2, 0.25) is 0 Å². The molecular formula is C11H16F3N3S. The van der Waals surface area contributed by atoms with Crippen molar-refractivity contribution in [1.82, 2.24) is 9.88 Å². The van der Waals surface area contributed by atoms with Crippen LogP contribution in [0.3, 0.4) is 0 Å². The fourth-order valence-corrected chi connectivity index (χ4v) is 3.33. The van der Waals surface area contributed by atoms with Crippen LogP contribution in [-0.4, -0.2) is 29.0 Å². The van der Waals surface area contributed by atoms with Crippen molar-refractivity contribution < 1.29 is 13.2 Å². The van der Waals surface area contributed by atoms with E-state index < -0.39 is 11.9 Å². The quantitative estimate of drug-likeness (QED) is 0.923. The van der Waals surface area contributed by atoms with E-state index in [2.05, 4.69) is 4.98 Å². The van der Waals surface area contributed by atoms with Crippen molar-refractivity contribution in [3.8, 4) is 0 Å². The molecule has 2 rings (SSSR count). The zero-order valence-electron chi connectivity index (χ0n) is 10.1. The van der Waals surface area contributed by atoms with Crippen LogP contribution < -0.4 is 5.73 Å². The van der Waals surface area contributed by atoms with Crippen molar-refractivity contribution >= 4 is 11.3 Å². The predicted octanol–water partition coefficient (Wildman–Crippen LogP) is 2.39. The number of thiazole rings is 1. The minimum atomic E-state index is -4.36. The van der Waals surface area contributed by atoms with Crippen molar-refractivity contribution in [2.75, 3.05) is 13.1 Å². The summed E-state index contributed by atoms with van der Waals surface area (Å²) in [5.74, 6) is 0. The molecule has 0 aromatic carbocycles. The van der Waals surface area contributed by atoms with Gasteiger partial charge in [0, 0.05) is 19.1 Å². The maximum atomic E-state index is 12.8. The van der Waals surface area contributed by atoms with Gasteiger partial charge in [0.25, 0.3) is 0 Å². The first kappa shape index (κ1) is 13.8. The maximum absolute atomic E-state index is 12.8. The van der Waals surface area contributed by atoms with Crippen LogP contribution in [0.25, 0.3) is 0 Å². The Labute approximate surface area is 108 Å². The molecule has 0 amide bonds. The van der Waals surface area contributed by atoms with Gasteiger partial charge in [0.15, 0.2) is 5.69 Å². The van der Waals surface area contributed by atoms with Crippen LogP contribution in [0.4, 0.5) is 13.2 Å². The van der Waals surface area contributed by atoms with E-state index in [0.29, 0.717) is 23.0 Å². The molecule has 0 bridgehead atoms. The highest BCUT2D eigenvalue weighted by atomic mass is 32.1. The average Bonchev–Trinajstić information content (AvgIpc) is 2.84. The Morgan fingerprint density at radius 3 is 2.83 bits per heavy atom. The van der Waals surface area contributed by atoms with Gasteiger partial charge in [-0.3, -0.25) is 4.90 Å². The molecule has 1 saturated heterocycles. The molecule has 2 N–H and O–H groups in total. The fourth-order valence-electron chi connectivity index (χ4n) is 2.35. The third kappa shape index (κ3) is 2.84. The summed E-state index contributed by atoms with van der Waals surface area (Å²) in [6, 6.07) is 0.202. The zero-order chi connectivity index (χ0) is 13.3. The second-order valence-corrected chi connectivity index (χ2v) is 5.79. The van der Waals surface area contributed by atoms with E-state index >= 15 is 0 Å². The summed E-state index contributed by atoms with van der Waals surface area (Å²) in [4.78, 5) is 5.95. The van der Waals surface area contributed by atoms with Crippen LogP contribution in [0, 0.1) is 6.92 Å². The van der Waals surface area contributed by atoms with Gasteiger partial charge in [-0.1, -0.05) is 0 Å². The SMILES string of the molecule is Cc1nc(C(F)(F)F)c(CN2CCCC2CN)s1. The largest absolute Gasteiger partial charge is 0.434 e. The van der Waals surface area contributed by atoms with Crippen molar-refractivity contribution in [3.63, 3.8) is 0 Å². The maximum Gasteiger partial charge on any atom is 0.434 e. The lowest BCUT2D eigenvalue weighted by atomic mass is 10.2. The summed E-state index contributed by atoms with van der Waals surface area (Å²) in [6.45, 7) is 3.23. The van der Waals surface area contributed by atoms with Gasteiger partial charge in [-0.25, -0.2) is 4.98 Å². The number of hydrogen-bond acceptors (Lipinski definition) is 4. The Kier molecular flexibility index (Phi) is 3.93. The van der Waals surface area contributed by atoms with Crippen LogP contribution in [0.1, 0.15) is 28.4 Å². The monoisotopic (exact) mass is 279 g/mol. The normalized spacial score (nSPS) is 21.7. The fraction of sp³-hybridized carbons (Fsp3) is 0.727. The number of likely N-dealkylation sites (tertiary alicyclic amines) is 1. The first-order chi connectivity index (χ1) is 8.41. The minimum Gasteiger partial charge on any atom is -0.329 e. The average molecular weight is 279 g/mol. The highest BCUT2D eigenvalue weighted by Gasteiger charge is 2.38. The first-order valence-electron chi connectivity index (χ1n) is 5.89. The third-order valence-electron chi connectivity index (χ3n) is 3.19. The number of nitrogens with two attached hydrogens (primary N) is 1. The molecule has 0 radical (unpaired) electrons. The number of aromatic nitrogens is 1. The highest BCUT2D eigenvalue weighted by Crippen LogP contribution is 2.35. The molecule has 0 spiro atoms. The van der Waals surface area contributed by atoms with E-state index in [1.807, 2.05) is 4.90 Å². The molecule has 18 heavy (non-hydrogen) atoms. The number of rotatable bonds is 3. The second-order valence-electron chi connectivity index (χ2n) is 4.50. The predicted molar refractivity (Wildman–Crippen MR) is 64.3 cm³/mol. The summed E-state index contributed by atoms with van der Waals surface area (Å²) in [5.41, 5.74) is 4.90. The molecule has 1 aliphatic rings. The lowest BCUT2D eigenvalue weighted by Crippen LogP contribution is -2.35. The van der Waals surface area contributed by atoms with E-state index in [-0.39, 0.29) is 6.04 Å². The van der Waals surface area contributed by atoms with Gasteiger partial charge >= 0.3 is 6.18 Å². The summed E-state index contributed by atoms with van der Waals surface area (Å²) in [7, 11) is 0. The lowest BCUT2D eigenvalue weighted by Gasteiger charge is -2.22. The van der Waals surface area contributed by atoms with Gasteiger partial charge in [-0.15, -0.1) is 11.3 Å². The molecule has 0 saturated carbocycles. The number of nitrogens with zero attached hydrogens (tertiary/aromatic N) is 2. The van der Waals surface area contributed by atoms with Crippen LogP contribution in [0.5, 0.6) is 0 Å². The van der Waals surface area contributed by atoms with E-state index in [1.165, 1.54) is 0 Å². The minimum absolute atomic E-state index is 0.202. The molecule has 3 nitrogen and oxygen atoms in total. The topological polar surface area (TPSA) is 42.2 Å². The summed E-state index contributed by atoms with van der Waals surface area (Å²) >= 11 is 1.13. The van der Waals surface area contributed by atoms with E-state index in [0.717, 1.165) is 30.7 Å². The number of hydrogen-bond donors (Lipinski definition) is 1. The Balaban J connectivity index is 2.18. The van der Waals surface area contributed by atoms with Crippen molar-refractivity contribution in [2.45, 2.75) is 38.5 Å². The smallest absolute Gasteiger partial charge is 0.329 e. The molecule has 0 aliphatic carbocycles. The Morgan fingerprint density at radius 1 is 1.50 bits per heavy atom. The first-order valence-corrected chi connectivity index (χ1v) is 6.71. The number of halogens is 3. The number of alkyl halides is 3. The molecular weight excluding hydrogens is 263 g/mol. The molecule has 1 aromatic rings. The Hall–Kier alpha value is -0.660. The summed E-state index contributed by atoms with van der Waals surface area (Å²) in [5, 5.41) is 0.459. The molecule has 1 unspecified atom stereocenters. The summed E-state index contributed by atoms with van der Waals surface area (Å²) < 4.78 is 38.4. The summed E-state index contributed by atoms with van der Waals surface area (Å²) in [6.07, 6.45) is -2.39. The van der Waals surface area contributed by atoms with Gasteiger partial charge in [-0.2, -0.15) is 13.2 Å². The molecule has 1 aromatic heterocycles. The van der Waals surface area contributed by atoms with Gasteiger partial charge in [-0.05, 0) is 26.3 Å². The van der Waals surface area contributed by atoms with E-state index in [9.17, 15) is 13.2 Å². The van der Waals surface area contributed by atoms with Crippen LogP contribution >= 0.6 is 11.3 Å². The van der Waals surface area contributed by atoms with Crippen molar-refractivity contribution in [3.05, 3.63) is 15.6 Å². The van der Waals surface area contributed by atoms with Crippen LogP contribution in [0.2, 0.25) is 0 Å². The Bertz CT molecular complexity index is 416. The third-order valence-corrected chi connectivity index (χ3v) is 4.15.